The van der Waals surface area contributed by atoms with E-state index in [1.807, 2.05) is 60.7 Å². The molecule has 0 amide bonds. The number of hydrogen-bond donors (Lipinski definition) is 1. The fraction of sp³-hybridized carbons (Fsp3) is 0.364. The summed E-state index contributed by atoms with van der Waals surface area (Å²) in [4.78, 5) is 24.4. The quantitative estimate of drug-likeness (QED) is 0.650. The summed E-state index contributed by atoms with van der Waals surface area (Å²) in [6.07, 6.45) is 0.541. The minimum Gasteiger partial charge on any atom is -0.466 e. The molecular weight excluding hydrogens is 342 g/mol. The maximum absolute atomic E-state index is 12.3. The monoisotopic (exact) mass is 369 g/mol. The van der Waals surface area contributed by atoms with E-state index in [9.17, 15) is 9.59 Å². The zero-order valence-corrected chi connectivity index (χ0v) is 15.9. The standard InChI is InChI=1S/C22H27NO4/c1-3-26-22(25)20(19-12-8-5-9-13-19)14-15-23-17(2)21(24)27-16-18-10-6-4-7-11-18/h4-13,17,20,23H,3,14-16H2,1-2H3/t17-,20?/m0/s1. The van der Waals surface area contributed by atoms with Gasteiger partial charge in [-0.25, -0.2) is 0 Å². The molecule has 0 saturated carbocycles. The summed E-state index contributed by atoms with van der Waals surface area (Å²) in [6.45, 7) is 4.65. The van der Waals surface area contributed by atoms with Crippen LogP contribution in [0, 0.1) is 0 Å². The minimum absolute atomic E-state index is 0.246. The van der Waals surface area contributed by atoms with Crippen molar-refractivity contribution in [3.63, 3.8) is 0 Å². The largest absolute Gasteiger partial charge is 0.466 e. The van der Waals surface area contributed by atoms with Gasteiger partial charge in [0.25, 0.3) is 0 Å². The van der Waals surface area contributed by atoms with Gasteiger partial charge in [0.05, 0.1) is 12.5 Å². The number of nitrogens with one attached hydrogen (secondary N) is 1. The fourth-order valence-corrected chi connectivity index (χ4v) is 2.73. The van der Waals surface area contributed by atoms with E-state index in [2.05, 4.69) is 5.32 Å². The summed E-state index contributed by atoms with van der Waals surface area (Å²) in [5, 5.41) is 3.13. The second-order valence-corrected chi connectivity index (χ2v) is 6.27. The van der Waals surface area contributed by atoms with Gasteiger partial charge in [-0.2, -0.15) is 0 Å². The summed E-state index contributed by atoms with van der Waals surface area (Å²) < 4.78 is 10.5. The van der Waals surface area contributed by atoms with Gasteiger partial charge >= 0.3 is 11.9 Å². The molecule has 0 bridgehead atoms. The van der Waals surface area contributed by atoms with Crippen LogP contribution in [-0.4, -0.2) is 31.1 Å². The van der Waals surface area contributed by atoms with Crippen LogP contribution in [0.3, 0.4) is 0 Å². The number of carbonyl (C=O) groups excluding carboxylic acids is 2. The van der Waals surface area contributed by atoms with Gasteiger partial charge < -0.3 is 14.8 Å². The molecule has 27 heavy (non-hydrogen) atoms. The smallest absolute Gasteiger partial charge is 0.323 e. The van der Waals surface area contributed by atoms with Crippen molar-refractivity contribution in [1.82, 2.24) is 5.32 Å². The summed E-state index contributed by atoms with van der Waals surface area (Å²) in [6, 6.07) is 18.7. The minimum atomic E-state index is -0.452. The lowest BCUT2D eigenvalue weighted by Crippen LogP contribution is -2.36. The second kappa shape index (κ2) is 11.1. The van der Waals surface area contributed by atoms with Crippen molar-refractivity contribution < 1.29 is 19.1 Å². The van der Waals surface area contributed by atoms with E-state index >= 15 is 0 Å². The molecule has 0 saturated heterocycles. The number of benzene rings is 2. The van der Waals surface area contributed by atoms with E-state index in [1.165, 1.54) is 0 Å². The molecule has 0 heterocycles. The third-order valence-electron chi connectivity index (χ3n) is 4.23. The molecule has 1 unspecified atom stereocenters. The number of rotatable bonds is 10. The van der Waals surface area contributed by atoms with Crippen LogP contribution in [0.1, 0.15) is 37.3 Å². The Bertz CT molecular complexity index is 703. The first kappa shape index (κ1) is 20.6. The summed E-state index contributed by atoms with van der Waals surface area (Å²) in [5.74, 6) is -0.915. The van der Waals surface area contributed by atoms with Gasteiger partial charge in [-0.1, -0.05) is 60.7 Å². The van der Waals surface area contributed by atoms with Crippen molar-refractivity contribution in [2.75, 3.05) is 13.2 Å². The van der Waals surface area contributed by atoms with E-state index in [4.69, 9.17) is 9.47 Å². The Labute approximate surface area is 160 Å². The summed E-state index contributed by atoms with van der Waals surface area (Å²) in [5.41, 5.74) is 1.86. The Morgan fingerprint density at radius 3 is 2.19 bits per heavy atom. The Hall–Kier alpha value is -2.66. The highest BCUT2D eigenvalue weighted by molar-refractivity contribution is 5.78. The van der Waals surface area contributed by atoms with Gasteiger partial charge in [-0.15, -0.1) is 0 Å². The molecule has 2 atom stereocenters. The molecule has 0 aliphatic carbocycles. The molecule has 0 radical (unpaired) electrons. The summed E-state index contributed by atoms with van der Waals surface area (Å²) in [7, 11) is 0. The number of esters is 2. The average Bonchev–Trinajstić information content (AvgIpc) is 2.70. The van der Waals surface area contributed by atoms with E-state index in [-0.39, 0.29) is 24.5 Å². The van der Waals surface area contributed by atoms with Gasteiger partial charge in [-0.3, -0.25) is 9.59 Å². The van der Waals surface area contributed by atoms with Gasteiger partial charge in [0.15, 0.2) is 0 Å². The van der Waals surface area contributed by atoms with Gasteiger partial charge in [-0.05, 0) is 37.9 Å². The third-order valence-corrected chi connectivity index (χ3v) is 4.23. The number of ether oxygens (including phenoxy) is 2. The maximum atomic E-state index is 12.3. The molecule has 1 N–H and O–H groups in total. The van der Waals surface area contributed by atoms with Crippen molar-refractivity contribution in [2.24, 2.45) is 0 Å². The predicted molar refractivity (Wildman–Crippen MR) is 104 cm³/mol. The highest BCUT2D eigenvalue weighted by atomic mass is 16.5. The van der Waals surface area contributed by atoms with Gasteiger partial charge in [0.2, 0.25) is 0 Å². The third kappa shape index (κ3) is 6.87. The Kier molecular flexibility index (Phi) is 8.52. The highest BCUT2D eigenvalue weighted by Gasteiger charge is 2.22. The first-order valence-corrected chi connectivity index (χ1v) is 9.27. The first-order chi connectivity index (χ1) is 13.1. The van der Waals surface area contributed by atoms with Crippen molar-refractivity contribution in [3.8, 4) is 0 Å². The molecule has 2 aromatic carbocycles. The molecule has 0 spiro atoms. The van der Waals surface area contributed by atoms with E-state index in [1.54, 1.807) is 13.8 Å². The molecule has 0 aliphatic heterocycles. The van der Waals surface area contributed by atoms with Gasteiger partial charge in [0, 0.05) is 0 Å². The highest BCUT2D eigenvalue weighted by Crippen LogP contribution is 2.21. The average molecular weight is 369 g/mol. The van der Waals surface area contributed by atoms with E-state index in [0.717, 1.165) is 11.1 Å². The lowest BCUT2D eigenvalue weighted by molar-refractivity contribution is -0.147. The van der Waals surface area contributed by atoms with Crippen molar-refractivity contribution in [3.05, 3.63) is 71.8 Å². The SMILES string of the molecule is CCOC(=O)C(CCN[C@@H](C)C(=O)OCc1ccccc1)c1ccccc1. The molecule has 5 heteroatoms. The molecule has 144 valence electrons. The first-order valence-electron chi connectivity index (χ1n) is 9.27. The van der Waals surface area contributed by atoms with Crippen LogP contribution in [0.15, 0.2) is 60.7 Å². The van der Waals surface area contributed by atoms with Crippen LogP contribution in [0.25, 0.3) is 0 Å². The van der Waals surface area contributed by atoms with Crippen LogP contribution in [0.5, 0.6) is 0 Å². The molecule has 2 rings (SSSR count). The topological polar surface area (TPSA) is 64.6 Å². The fourth-order valence-electron chi connectivity index (χ4n) is 2.73. The van der Waals surface area contributed by atoms with Crippen LogP contribution in [-0.2, 0) is 25.7 Å². The molecule has 2 aromatic rings. The van der Waals surface area contributed by atoms with Crippen LogP contribution in [0.4, 0.5) is 0 Å². The lowest BCUT2D eigenvalue weighted by Gasteiger charge is -2.18. The van der Waals surface area contributed by atoms with Crippen molar-refractivity contribution in [2.45, 2.75) is 38.8 Å². The Morgan fingerprint density at radius 2 is 1.56 bits per heavy atom. The zero-order valence-electron chi connectivity index (χ0n) is 15.9. The maximum Gasteiger partial charge on any atom is 0.323 e. The zero-order chi connectivity index (χ0) is 19.5. The second-order valence-electron chi connectivity index (χ2n) is 6.27. The van der Waals surface area contributed by atoms with Crippen LogP contribution < -0.4 is 5.32 Å². The predicted octanol–water partition coefficient (Wildman–Crippen LogP) is 3.44. The molecule has 5 nitrogen and oxygen atoms in total. The molecule has 0 fully saturated rings. The van der Waals surface area contributed by atoms with E-state index < -0.39 is 6.04 Å². The summed E-state index contributed by atoms with van der Waals surface area (Å²) >= 11 is 0. The number of carbonyl (C=O) groups is 2. The molecular formula is C22H27NO4. The van der Waals surface area contributed by atoms with Crippen molar-refractivity contribution in [1.29, 1.82) is 0 Å². The Morgan fingerprint density at radius 1 is 0.926 bits per heavy atom. The Balaban J connectivity index is 1.82. The van der Waals surface area contributed by atoms with Crippen LogP contribution >= 0.6 is 0 Å². The van der Waals surface area contributed by atoms with Crippen LogP contribution in [0.2, 0.25) is 0 Å². The number of hydrogen-bond acceptors (Lipinski definition) is 5. The van der Waals surface area contributed by atoms with Gasteiger partial charge in [0.1, 0.15) is 12.6 Å². The lowest BCUT2D eigenvalue weighted by atomic mass is 9.95. The van der Waals surface area contributed by atoms with E-state index in [0.29, 0.717) is 19.6 Å². The van der Waals surface area contributed by atoms with Crippen molar-refractivity contribution >= 4 is 11.9 Å². The normalized spacial score (nSPS) is 12.8. The molecule has 0 aromatic heterocycles. The molecule has 0 aliphatic rings.